The van der Waals surface area contributed by atoms with E-state index in [4.69, 9.17) is 9.84 Å². The van der Waals surface area contributed by atoms with Crippen LogP contribution in [0.1, 0.15) is 40.4 Å². The number of halogens is 3. The molecule has 0 N–H and O–H groups in total. The van der Waals surface area contributed by atoms with Crippen LogP contribution in [0.2, 0.25) is 0 Å². The van der Waals surface area contributed by atoms with Crippen LogP contribution in [0.25, 0.3) is 11.3 Å². The smallest absolute Gasteiger partial charge is 0.416 e. The minimum Gasteiger partial charge on any atom is -0.439 e. The van der Waals surface area contributed by atoms with Crippen molar-refractivity contribution in [1.82, 2.24) is 14.7 Å². The predicted molar refractivity (Wildman–Crippen MR) is 136 cm³/mol. The summed E-state index contributed by atoms with van der Waals surface area (Å²) in [6.07, 6.45) is -3.80. The topological polar surface area (TPSA) is 47.4 Å². The summed E-state index contributed by atoms with van der Waals surface area (Å²) in [6.45, 7) is 4.50. The molecule has 0 saturated carbocycles. The molecule has 4 aromatic rings. The minimum atomic E-state index is -4.47. The first kappa shape index (κ1) is 26.0. The average molecular weight is 508 g/mol. The SMILES string of the molecule is CCCN(Cc1c(-c2ccccc2)nn(C)c1Oc1cccc(C)c1)C(=O)c1ccc(C(F)(F)F)cc1. The third-order valence-corrected chi connectivity index (χ3v) is 5.93. The normalized spacial score (nSPS) is 11.4. The van der Waals surface area contributed by atoms with Crippen LogP contribution in [-0.4, -0.2) is 27.1 Å². The van der Waals surface area contributed by atoms with Crippen molar-refractivity contribution in [3.05, 3.63) is 101 Å². The van der Waals surface area contributed by atoms with Crippen LogP contribution in [0.4, 0.5) is 13.2 Å². The Morgan fingerprint density at radius 3 is 2.32 bits per heavy atom. The number of hydrogen-bond donors (Lipinski definition) is 0. The van der Waals surface area contributed by atoms with Crippen LogP contribution in [0.15, 0.2) is 78.9 Å². The molecule has 1 heterocycles. The van der Waals surface area contributed by atoms with Crippen molar-refractivity contribution in [2.75, 3.05) is 6.54 Å². The first-order valence-corrected chi connectivity index (χ1v) is 12.0. The summed E-state index contributed by atoms with van der Waals surface area (Å²) in [5.74, 6) is 0.769. The molecule has 0 fully saturated rings. The number of nitrogens with zero attached hydrogens (tertiary/aromatic N) is 3. The van der Waals surface area contributed by atoms with Crippen molar-refractivity contribution in [1.29, 1.82) is 0 Å². The third kappa shape index (κ3) is 6.02. The van der Waals surface area contributed by atoms with Gasteiger partial charge in [-0.05, 0) is 55.3 Å². The number of hydrogen-bond acceptors (Lipinski definition) is 3. The molecule has 0 spiro atoms. The molecule has 4 rings (SSSR count). The molecule has 0 atom stereocenters. The molecular weight excluding hydrogens is 479 g/mol. The molecular formula is C29H28F3N3O2. The van der Waals surface area contributed by atoms with Gasteiger partial charge in [0.2, 0.25) is 5.88 Å². The lowest BCUT2D eigenvalue weighted by molar-refractivity contribution is -0.137. The largest absolute Gasteiger partial charge is 0.439 e. The van der Waals surface area contributed by atoms with Gasteiger partial charge in [-0.25, -0.2) is 4.68 Å². The molecule has 8 heteroatoms. The second-order valence-electron chi connectivity index (χ2n) is 8.84. The molecule has 37 heavy (non-hydrogen) atoms. The molecule has 0 radical (unpaired) electrons. The van der Waals surface area contributed by atoms with Crippen molar-refractivity contribution in [2.24, 2.45) is 7.05 Å². The molecule has 0 bridgehead atoms. The summed E-state index contributed by atoms with van der Waals surface area (Å²) in [4.78, 5) is 15.1. The van der Waals surface area contributed by atoms with Gasteiger partial charge in [-0.2, -0.15) is 18.3 Å². The molecule has 0 aliphatic carbocycles. The molecule has 0 aliphatic heterocycles. The second-order valence-corrected chi connectivity index (χ2v) is 8.84. The maximum atomic E-state index is 13.4. The number of ether oxygens (including phenoxy) is 1. The summed E-state index contributed by atoms with van der Waals surface area (Å²) >= 11 is 0. The van der Waals surface area contributed by atoms with Gasteiger partial charge in [-0.15, -0.1) is 0 Å². The maximum absolute atomic E-state index is 13.4. The average Bonchev–Trinajstić information content (AvgIpc) is 3.18. The quantitative estimate of drug-likeness (QED) is 0.252. The number of aryl methyl sites for hydroxylation is 2. The third-order valence-electron chi connectivity index (χ3n) is 5.93. The van der Waals surface area contributed by atoms with Gasteiger partial charge in [0.25, 0.3) is 5.91 Å². The number of amides is 1. The Morgan fingerprint density at radius 2 is 1.70 bits per heavy atom. The van der Waals surface area contributed by atoms with Crippen LogP contribution < -0.4 is 4.74 Å². The Labute approximate surface area is 214 Å². The van der Waals surface area contributed by atoms with Crippen LogP contribution >= 0.6 is 0 Å². The van der Waals surface area contributed by atoms with E-state index in [-0.39, 0.29) is 18.0 Å². The number of carbonyl (C=O) groups excluding carboxylic acids is 1. The Hall–Kier alpha value is -4.07. The molecule has 3 aromatic carbocycles. The second kappa shape index (κ2) is 10.9. The number of benzene rings is 3. The monoisotopic (exact) mass is 507 g/mol. The highest BCUT2D eigenvalue weighted by Crippen LogP contribution is 2.35. The summed E-state index contributed by atoms with van der Waals surface area (Å²) in [5.41, 5.74) is 2.68. The van der Waals surface area contributed by atoms with E-state index in [2.05, 4.69) is 0 Å². The Balaban J connectivity index is 1.73. The number of alkyl halides is 3. The van der Waals surface area contributed by atoms with Crippen LogP contribution in [0.5, 0.6) is 11.6 Å². The van der Waals surface area contributed by atoms with Crippen molar-refractivity contribution < 1.29 is 22.7 Å². The number of aromatic nitrogens is 2. The van der Waals surface area contributed by atoms with E-state index in [1.165, 1.54) is 12.1 Å². The fraction of sp³-hybridized carbons (Fsp3) is 0.241. The van der Waals surface area contributed by atoms with Crippen LogP contribution in [0.3, 0.4) is 0 Å². The zero-order chi connectivity index (χ0) is 26.6. The fourth-order valence-corrected chi connectivity index (χ4v) is 4.14. The van der Waals surface area contributed by atoms with E-state index in [0.717, 1.165) is 23.3 Å². The highest BCUT2D eigenvalue weighted by atomic mass is 19.4. The summed E-state index contributed by atoms with van der Waals surface area (Å²) in [7, 11) is 1.78. The van der Waals surface area contributed by atoms with Gasteiger partial charge in [0.15, 0.2) is 0 Å². The van der Waals surface area contributed by atoms with Gasteiger partial charge in [0.05, 0.1) is 17.7 Å². The zero-order valence-electron chi connectivity index (χ0n) is 20.9. The van der Waals surface area contributed by atoms with Gasteiger partial charge in [-0.3, -0.25) is 4.79 Å². The zero-order valence-corrected chi connectivity index (χ0v) is 20.9. The van der Waals surface area contributed by atoms with E-state index in [1.54, 1.807) is 16.6 Å². The van der Waals surface area contributed by atoms with Crippen molar-refractivity contribution in [2.45, 2.75) is 33.0 Å². The van der Waals surface area contributed by atoms with Gasteiger partial charge < -0.3 is 9.64 Å². The lowest BCUT2D eigenvalue weighted by atomic mass is 10.1. The molecule has 5 nitrogen and oxygen atoms in total. The first-order chi connectivity index (χ1) is 17.7. The molecule has 1 aromatic heterocycles. The highest BCUT2D eigenvalue weighted by Gasteiger charge is 2.31. The van der Waals surface area contributed by atoms with E-state index >= 15 is 0 Å². The lowest BCUT2D eigenvalue weighted by Gasteiger charge is -2.23. The Bertz CT molecular complexity index is 1360. The molecule has 0 saturated heterocycles. The molecule has 0 aliphatic rings. The van der Waals surface area contributed by atoms with Crippen molar-refractivity contribution in [3.63, 3.8) is 0 Å². The molecule has 0 unspecified atom stereocenters. The number of rotatable bonds is 8. The van der Waals surface area contributed by atoms with E-state index in [1.807, 2.05) is 68.4 Å². The predicted octanol–water partition coefficient (Wildman–Crippen LogP) is 7.26. The maximum Gasteiger partial charge on any atom is 0.416 e. The van der Waals surface area contributed by atoms with Gasteiger partial charge in [0, 0.05) is 24.7 Å². The lowest BCUT2D eigenvalue weighted by Crippen LogP contribution is -2.31. The van der Waals surface area contributed by atoms with Gasteiger partial charge in [0.1, 0.15) is 11.4 Å². The van der Waals surface area contributed by atoms with Gasteiger partial charge >= 0.3 is 6.18 Å². The fourth-order valence-electron chi connectivity index (χ4n) is 4.14. The Morgan fingerprint density at radius 1 is 1.00 bits per heavy atom. The van der Waals surface area contributed by atoms with E-state index < -0.39 is 11.7 Å². The van der Waals surface area contributed by atoms with Gasteiger partial charge in [-0.1, -0.05) is 49.4 Å². The first-order valence-electron chi connectivity index (χ1n) is 12.0. The number of carbonyl (C=O) groups is 1. The van der Waals surface area contributed by atoms with Crippen LogP contribution in [0, 0.1) is 6.92 Å². The summed E-state index contributed by atoms with van der Waals surface area (Å²) in [6, 6.07) is 21.5. The molecule has 192 valence electrons. The van der Waals surface area contributed by atoms with Crippen molar-refractivity contribution >= 4 is 5.91 Å². The van der Waals surface area contributed by atoms with E-state index in [0.29, 0.717) is 35.9 Å². The summed E-state index contributed by atoms with van der Waals surface area (Å²) < 4.78 is 47.0. The minimum absolute atomic E-state index is 0.174. The molecule has 1 amide bonds. The standard InChI is InChI=1S/C29H28F3N3O2/c1-4-17-35(27(36)22-13-15-23(16-14-22)29(30,31)32)19-25-26(21-10-6-5-7-11-21)33-34(3)28(25)37-24-12-8-9-20(2)18-24/h5-16,18H,4,17,19H2,1-3H3. The summed E-state index contributed by atoms with van der Waals surface area (Å²) in [5, 5.41) is 4.71. The highest BCUT2D eigenvalue weighted by molar-refractivity contribution is 5.94. The van der Waals surface area contributed by atoms with Crippen LogP contribution in [-0.2, 0) is 19.8 Å². The van der Waals surface area contributed by atoms with Crippen molar-refractivity contribution in [3.8, 4) is 22.9 Å². The van der Waals surface area contributed by atoms with E-state index in [9.17, 15) is 18.0 Å². The Kier molecular flexibility index (Phi) is 7.66.